The van der Waals surface area contributed by atoms with Crippen LogP contribution in [-0.2, 0) is 9.53 Å². The van der Waals surface area contributed by atoms with Gasteiger partial charge in [-0.3, -0.25) is 14.6 Å². The van der Waals surface area contributed by atoms with Crippen LogP contribution in [0.5, 0.6) is 11.5 Å². The highest BCUT2D eigenvalue weighted by atomic mass is 16.6. The van der Waals surface area contributed by atoms with Crippen molar-refractivity contribution >= 4 is 12.0 Å². The van der Waals surface area contributed by atoms with Gasteiger partial charge in [0.15, 0.2) is 0 Å². The van der Waals surface area contributed by atoms with Gasteiger partial charge in [-0.2, -0.15) is 5.26 Å². The number of benzene rings is 2. The SMILES string of the molecule is CC(=O)N1CCN(CCOC(=O)N2CC3CCC(C2)N3CCCC(Oc2ccc(O)cc2)c2ccc(C#N)cc2)CC1. The molecule has 3 fully saturated rings. The van der Waals surface area contributed by atoms with Crippen LogP contribution in [0.3, 0.4) is 0 Å². The van der Waals surface area contributed by atoms with E-state index in [1.807, 2.05) is 34.1 Å². The number of amides is 2. The van der Waals surface area contributed by atoms with E-state index in [0.29, 0.717) is 49.6 Å². The van der Waals surface area contributed by atoms with Crippen LogP contribution >= 0.6 is 0 Å². The van der Waals surface area contributed by atoms with Crippen molar-refractivity contribution < 1.29 is 24.2 Å². The van der Waals surface area contributed by atoms with Crippen LogP contribution in [0, 0.1) is 11.3 Å². The summed E-state index contributed by atoms with van der Waals surface area (Å²) in [7, 11) is 0. The maximum Gasteiger partial charge on any atom is 0.409 e. The van der Waals surface area contributed by atoms with E-state index in [1.165, 1.54) is 0 Å². The van der Waals surface area contributed by atoms with Crippen LogP contribution in [0.1, 0.15) is 49.8 Å². The molecule has 2 aromatic carbocycles. The van der Waals surface area contributed by atoms with E-state index in [0.717, 1.165) is 64.0 Å². The summed E-state index contributed by atoms with van der Waals surface area (Å²) >= 11 is 0. The van der Waals surface area contributed by atoms with Gasteiger partial charge in [0, 0.05) is 64.8 Å². The van der Waals surface area contributed by atoms with Gasteiger partial charge >= 0.3 is 6.09 Å². The monoisotopic (exact) mass is 575 g/mol. The molecule has 3 saturated heterocycles. The van der Waals surface area contributed by atoms with E-state index in [-0.39, 0.29) is 23.9 Å². The first-order chi connectivity index (χ1) is 20.4. The summed E-state index contributed by atoms with van der Waals surface area (Å²) in [6, 6.07) is 17.1. The Morgan fingerprint density at radius 3 is 2.24 bits per heavy atom. The van der Waals surface area contributed by atoms with E-state index in [9.17, 15) is 20.0 Å². The Kier molecular flexibility index (Phi) is 9.82. The number of carbonyl (C=O) groups excluding carboxylic acids is 2. The largest absolute Gasteiger partial charge is 0.508 e. The maximum absolute atomic E-state index is 12.9. The molecule has 42 heavy (non-hydrogen) atoms. The third kappa shape index (κ3) is 7.52. The lowest BCUT2D eigenvalue weighted by Gasteiger charge is -2.40. The van der Waals surface area contributed by atoms with E-state index in [4.69, 9.17) is 9.47 Å². The van der Waals surface area contributed by atoms with Crippen LogP contribution in [0.15, 0.2) is 48.5 Å². The Labute approximate surface area is 248 Å². The molecule has 0 spiro atoms. The smallest absolute Gasteiger partial charge is 0.409 e. The Hall–Kier alpha value is -3.81. The van der Waals surface area contributed by atoms with E-state index in [2.05, 4.69) is 15.9 Å². The number of rotatable bonds is 10. The first-order valence-corrected chi connectivity index (χ1v) is 15.0. The minimum Gasteiger partial charge on any atom is -0.508 e. The van der Waals surface area contributed by atoms with Gasteiger partial charge in [0.05, 0.1) is 11.6 Å². The minimum absolute atomic E-state index is 0.114. The molecule has 10 nitrogen and oxygen atoms in total. The number of fused-ring (bicyclic) bond motifs is 2. The minimum atomic E-state index is -0.225. The predicted molar refractivity (Wildman–Crippen MR) is 157 cm³/mol. The number of likely N-dealkylation sites (tertiary alicyclic amines) is 1. The molecule has 3 unspecified atom stereocenters. The topological polar surface area (TPSA) is 110 Å². The van der Waals surface area contributed by atoms with Crippen molar-refractivity contribution in [3.8, 4) is 17.6 Å². The molecule has 1 N–H and O–H groups in total. The molecule has 0 saturated carbocycles. The summed E-state index contributed by atoms with van der Waals surface area (Å²) in [5.41, 5.74) is 1.63. The Morgan fingerprint density at radius 2 is 1.62 bits per heavy atom. The first kappa shape index (κ1) is 29.7. The van der Waals surface area contributed by atoms with Gasteiger partial charge in [-0.1, -0.05) is 12.1 Å². The van der Waals surface area contributed by atoms with Gasteiger partial charge in [-0.15, -0.1) is 0 Å². The average molecular weight is 576 g/mol. The average Bonchev–Trinajstić information content (AvgIpc) is 3.23. The summed E-state index contributed by atoms with van der Waals surface area (Å²) in [6.07, 6.45) is 3.49. The zero-order valence-electron chi connectivity index (χ0n) is 24.4. The Bertz CT molecular complexity index is 1230. The number of nitriles is 1. The number of nitrogens with zero attached hydrogens (tertiary/aromatic N) is 5. The fourth-order valence-electron chi connectivity index (χ4n) is 6.36. The van der Waals surface area contributed by atoms with Gasteiger partial charge in [-0.05, 0) is 74.2 Å². The highest BCUT2D eigenvalue weighted by molar-refractivity contribution is 5.73. The number of carbonyl (C=O) groups is 2. The molecule has 2 amide bonds. The van der Waals surface area contributed by atoms with E-state index in [1.54, 1.807) is 31.2 Å². The summed E-state index contributed by atoms with van der Waals surface area (Å²) in [6.45, 7) is 8.05. The number of ether oxygens (including phenoxy) is 2. The lowest BCUT2D eigenvalue weighted by atomic mass is 10.0. The molecule has 5 rings (SSSR count). The second kappa shape index (κ2) is 13.9. The summed E-state index contributed by atoms with van der Waals surface area (Å²) in [5, 5.41) is 18.8. The van der Waals surface area contributed by atoms with Crippen LogP contribution < -0.4 is 4.74 Å². The fourth-order valence-corrected chi connectivity index (χ4v) is 6.36. The molecule has 0 aliphatic carbocycles. The molecule has 10 heteroatoms. The van der Waals surface area contributed by atoms with Crippen LogP contribution in [0.4, 0.5) is 4.79 Å². The lowest BCUT2D eigenvalue weighted by Crippen LogP contribution is -2.55. The molecular formula is C32H41N5O5. The molecule has 3 aliphatic rings. The third-order valence-electron chi connectivity index (χ3n) is 8.75. The number of piperazine rings is 2. The second-order valence-electron chi connectivity index (χ2n) is 11.5. The predicted octanol–water partition coefficient (Wildman–Crippen LogP) is 3.61. The summed E-state index contributed by atoms with van der Waals surface area (Å²) < 4.78 is 12.0. The number of aromatic hydroxyl groups is 1. The first-order valence-electron chi connectivity index (χ1n) is 15.0. The highest BCUT2D eigenvalue weighted by Gasteiger charge is 2.41. The van der Waals surface area contributed by atoms with Gasteiger partial charge < -0.3 is 24.4 Å². The van der Waals surface area contributed by atoms with Gasteiger partial charge in [0.25, 0.3) is 0 Å². The van der Waals surface area contributed by atoms with Crippen molar-refractivity contribution in [2.45, 2.75) is 50.8 Å². The maximum atomic E-state index is 12.9. The van der Waals surface area contributed by atoms with Crippen molar-refractivity contribution in [1.82, 2.24) is 19.6 Å². The van der Waals surface area contributed by atoms with Crippen LogP contribution in [0.2, 0.25) is 0 Å². The third-order valence-corrected chi connectivity index (χ3v) is 8.75. The molecule has 0 aromatic heterocycles. The summed E-state index contributed by atoms with van der Waals surface area (Å²) in [4.78, 5) is 32.9. The van der Waals surface area contributed by atoms with Crippen LogP contribution in [0.25, 0.3) is 0 Å². The normalized spacial score (nSPS) is 21.5. The van der Waals surface area contributed by atoms with Crippen molar-refractivity contribution in [1.29, 1.82) is 5.26 Å². The van der Waals surface area contributed by atoms with Crippen molar-refractivity contribution in [3.63, 3.8) is 0 Å². The standard InChI is InChI=1S/C32H41N5O5/c1-24(38)35-17-15-34(16-18-35)19-20-41-32(40)36-22-27-8-9-28(23-36)37(27)14-2-3-31(26-6-4-25(21-33)5-7-26)42-30-12-10-29(39)11-13-30/h4-7,10-13,27-28,31,39H,2-3,8-9,14-20,22-23H2,1H3. The van der Waals surface area contributed by atoms with Crippen molar-refractivity contribution in [2.24, 2.45) is 0 Å². The molecule has 3 atom stereocenters. The Balaban J connectivity index is 1.08. The molecule has 2 aromatic rings. The highest BCUT2D eigenvalue weighted by Crippen LogP contribution is 2.32. The van der Waals surface area contributed by atoms with Crippen LogP contribution in [-0.4, -0.2) is 108 Å². The fraction of sp³-hybridized carbons (Fsp3) is 0.531. The zero-order chi connectivity index (χ0) is 29.5. The molecule has 224 valence electrons. The van der Waals surface area contributed by atoms with Crippen molar-refractivity contribution in [2.75, 3.05) is 59.0 Å². The number of hydrogen-bond donors (Lipinski definition) is 1. The van der Waals surface area contributed by atoms with E-state index < -0.39 is 0 Å². The quantitative estimate of drug-likeness (QED) is 0.458. The molecule has 3 aliphatic heterocycles. The lowest BCUT2D eigenvalue weighted by molar-refractivity contribution is -0.130. The van der Waals surface area contributed by atoms with E-state index >= 15 is 0 Å². The molecule has 3 heterocycles. The number of phenols is 1. The zero-order valence-corrected chi connectivity index (χ0v) is 24.4. The van der Waals surface area contributed by atoms with Gasteiger partial charge in [-0.25, -0.2) is 4.79 Å². The second-order valence-corrected chi connectivity index (χ2v) is 11.5. The Morgan fingerprint density at radius 1 is 0.952 bits per heavy atom. The summed E-state index contributed by atoms with van der Waals surface area (Å²) in [5.74, 6) is 0.996. The molecular weight excluding hydrogens is 534 g/mol. The molecule has 2 bridgehead atoms. The van der Waals surface area contributed by atoms with Gasteiger partial charge in [0.1, 0.15) is 24.2 Å². The molecule has 0 radical (unpaired) electrons. The number of hydrogen-bond acceptors (Lipinski definition) is 8. The van der Waals surface area contributed by atoms with Gasteiger partial charge in [0.2, 0.25) is 5.91 Å². The van der Waals surface area contributed by atoms with Crippen molar-refractivity contribution in [3.05, 3.63) is 59.7 Å². The number of phenolic OH excluding ortho intramolecular Hbond substituents is 1.